The van der Waals surface area contributed by atoms with Gasteiger partial charge in [-0.3, -0.25) is 0 Å². The number of rotatable bonds is 2. The molecule has 0 unspecified atom stereocenters. The average Bonchev–Trinajstić information content (AvgIpc) is 2.40. The number of aromatic nitrogens is 4. The van der Waals surface area contributed by atoms with E-state index in [9.17, 15) is 0 Å². The van der Waals surface area contributed by atoms with Crippen molar-refractivity contribution in [3.05, 3.63) is 26.8 Å². The molecule has 2 rings (SSSR count). The Morgan fingerprint density at radius 1 is 1.20 bits per heavy atom. The molecule has 7 heteroatoms. The molecule has 2 heterocycles. The van der Waals surface area contributed by atoms with E-state index >= 15 is 0 Å². The van der Waals surface area contributed by atoms with Crippen LogP contribution in [0.4, 0.5) is 0 Å². The molecule has 2 aromatic heterocycles. The van der Waals surface area contributed by atoms with Crippen LogP contribution in [0.15, 0.2) is 12.4 Å². The van der Waals surface area contributed by atoms with Gasteiger partial charge in [-0.1, -0.05) is 32.4 Å². The second-order valence-electron chi connectivity index (χ2n) is 5.20. The lowest BCUT2D eigenvalue weighted by molar-refractivity contribution is 0.397. The number of hydrogen-bond acceptors (Lipinski definition) is 5. The zero-order chi connectivity index (χ0) is 14.9. The molecule has 0 bridgehead atoms. The Morgan fingerprint density at radius 3 is 2.50 bits per heavy atom. The second kappa shape index (κ2) is 5.77. The molecule has 0 N–H and O–H groups in total. The minimum atomic E-state index is -0.130. The maximum absolute atomic E-state index is 6.22. The molecule has 0 amide bonds. The summed E-state index contributed by atoms with van der Waals surface area (Å²) in [6, 6.07) is 1.69. The zero-order valence-electron chi connectivity index (χ0n) is 11.6. The van der Waals surface area contributed by atoms with Crippen molar-refractivity contribution in [1.29, 1.82) is 0 Å². The van der Waals surface area contributed by atoms with E-state index in [0.29, 0.717) is 22.6 Å². The van der Waals surface area contributed by atoms with Gasteiger partial charge in [-0.15, -0.1) is 0 Å². The van der Waals surface area contributed by atoms with Crippen molar-refractivity contribution in [1.82, 2.24) is 19.9 Å². The van der Waals surface area contributed by atoms with E-state index in [4.69, 9.17) is 16.3 Å². The van der Waals surface area contributed by atoms with Crippen molar-refractivity contribution < 1.29 is 4.74 Å². The van der Waals surface area contributed by atoms with Gasteiger partial charge in [0.1, 0.15) is 17.2 Å². The molecule has 0 radical (unpaired) electrons. The van der Waals surface area contributed by atoms with Gasteiger partial charge in [-0.2, -0.15) is 0 Å². The van der Waals surface area contributed by atoms with E-state index in [0.717, 1.165) is 9.26 Å². The predicted octanol–water partition coefficient (Wildman–Crippen LogP) is 3.50. The van der Waals surface area contributed by atoms with E-state index in [-0.39, 0.29) is 5.41 Å². The van der Waals surface area contributed by atoms with Crippen LogP contribution in [0, 0.1) is 3.57 Å². The lowest BCUT2D eigenvalue weighted by Crippen LogP contribution is -2.17. The van der Waals surface area contributed by atoms with Gasteiger partial charge in [0, 0.05) is 11.5 Å². The molecule has 0 saturated heterocycles. The van der Waals surface area contributed by atoms with Gasteiger partial charge < -0.3 is 4.74 Å². The molecule has 0 saturated carbocycles. The van der Waals surface area contributed by atoms with Crippen molar-refractivity contribution in [2.45, 2.75) is 26.2 Å². The van der Waals surface area contributed by atoms with Crippen molar-refractivity contribution in [2.75, 3.05) is 7.11 Å². The maximum atomic E-state index is 6.22. The number of ether oxygens (including phenoxy) is 1. The third-order valence-electron chi connectivity index (χ3n) is 2.60. The quantitative estimate of drug-likeness (QED) is 0.566. The van der Waals surface area contributed by atoms with Crippen LogP contribution in [-0.2, 0) is 5.41 Å². The Labute approximate surface area is 136 Å². The van der Waals surface area contributed by atoms with E-state index in [1.807, 2.05) is 0 Å². The van der Waals surface area contributed by atoms with Crippen LogP contribution in [0.25, 0.3) is 11.5 Å². The fraction of sp³-hybridized carbons (Fsp3) is 0.385. The minimum Gasteiger partial charge on any atom is -0.481 e. The summed E-state index contributed by atoms with van der Waals surface area (Å²) >= 11 is 8.38. The Morgan fingerprint density at radius 2 is 1.90 bits per heavy atom. The first-order valence-electron chi connectivity index (χ1n) is 5.93. The van der Waals surface area contributed by atoms with E-state index in [1.165, 1.54) is 6.33 Å². The summed E-state index contributed by atoms with van der Waals surface area (Å²) in [5.74, 6) is 0.937. The van der Waals surface area contributed by atoms with E-state index in [2.05, 4.69) is 63.3 Å². The molecule has 106 valence electrons. The molecular formula is C13H14ClIN4O. The fourth-order valence-corrected chi connectivity index (χ4v) is 2.82. The summed E-state index contributed by atoms with van der Waals surface area (Å²) in [6.07, 6.45) is 1.42. The highest BCUT2D eigenvalue weighted by Crippen LogP contribution is 2.31. The Balaban J connectivity index is 2.60. The lowest BCUT2D eigenvalue weighted by atomic mass is 9.92. The number of nitrogens with zero attached hydrogens (tertiary/aromatic N) is 4. The smallest absolute Gasteiger partial charge is 0.216 e. The molecule has 0 aliphatic heterocycles. The van der Waals surface area contributed by atoms with Crippen LogP contribution in [0.5, 0.6) is 5.88 Å². The fourth-order valence-electron chi connectivity index (χ4n) is 1.60. The molecule has 0 aliphatic rings. The Bertz CT molecular complexity index is 643. The Hall–Kier alpha value is -1.02. The van der Waals surface area contributed by atoms with Crippen molar-refractivity contribution in [3.8, 4) is 17.4 Å². The topological polar surface area (TPSA) is 60.8 Å². The predicted molar refractivity (Wildman–Crippen MR) is 86.0 cm³/mol. The highest BCUT2D eigenvalue weighted by atomic mass is 127. The monoisotopic (exact) mass is 404 g/mol. The van der Waals surface area contributed by atoms with Crippen LogP contribution >= 0.6 is 34.2 Å². The third-order valence-corrected chi connectivity index (χ3v) is 4.22. The van der Waals surface area contributed by atoms with Gasteiger partial charge >= 0.3 is 0 Å². The standard InChI is InChI=1S/C13H14ClIN4O/c1-13(2,3)10-9(15)11(14)19-12(18-10)7-5-8(20-4)17-6-16-7/h5-6H,1-4H3. The van der Waals surface area contributed by atoms with Crippen LogP contribution in [0.1, 0.15) is 26.5 Å². The van der Waals surface area contributed by atoms with Crippen LogP contribution < -0.4 is 4.74 Å². The van der Waals surface area contributed by atoms with Gasteiger partial charge in [0.25, 0.3) is 0 Å². The molecular weight excluding hydrogens is 391 g/mol. The number of methoxy groups -OCH3 is 1. The summed E-state index contributed by atoms with van der Waals surface area (Å²) in [6.45, 7) is 6.24. The molecule has 5 nitrogen and oxygen atoms in total. The highest BCUT2D eigenvalue weighted by molar-refractivity contribution is 14.1. The number of hydrogen-bond donors (Lipinski definition) is 0. The first kappa shape index (κ1) is 15.4. The first-order chi connectivity index (χ1) is 9.32. The normalized spacial score (nSPS) is 11.5. The second-order valence-corrected chi connectivity index (χ2v) is 6.63. The Kier molecular flexibility index (Phi) is 4.43. The maximum Gasteiger partial charge on any atom is 0.216 e. The zero-order valence-corrected chi connectivity index (χ0v) is 14.5. The summed E-state index contributed by atoms with van der Waals surface area (Å²) in [5.41, 5.74) is 1.35. The molecule has 0 atom stereocenters. The van der Waals surface area contributed by atoms with Crippen molar-refractivity contribution >= 4 is 34.2 Å². The molecule has 0 aliphatic carbocycles. The van der Waals surface area contributed by atoms with Gasteiger partial charge in [0.2, 0.25) is 5.88 Å². The first-order valence-corrected chi connectivity index (χ1v) is 7.38. The van der Waals surface area contributed by atoms with Crippen molar-refractivity contribution in [3.63, 3.8) is 0 Å². The van der Waals surface area contributed by atoms with Gasteiger partial charge in [0.15, 0.2) is 5.82 Å². The average molecular weight is 405 g/mol. The molecule has 0 fully saturated rings. The van der Waals surface area contributed by atoms with Gasteiger partial charge in [-0.25, -0.2) is 19.9 Å². The van der Waals surface area contributed by atoms with E-state index < -0.39 is 0 Å². The van der Waals surface area contributed by atoms with Gasteiger partial charge in [0.05, 0.1) is 16.4 Å². The summed E-state index contributed by atoms with van der Waals surface area (Å²) < 4.78 is 5.95. The van der Waals surface area contributed by atoms with E-state index in [1.54, 1.807) is 13.2 Å². The molecule has 20 heavy (non-hydrogen) atoms. The minimum absolute atomic E-state index is 0.130. The third kappa shape index (κ3) is 3.17. The van der Waals surface area contributed by atoms with Crippen LogP contribution in [0.2, 0.25) is 5.15 Å². The van der Waals surface area contributed by atoms with Gasteiger partial charge in [-0.05, 0) is 22.6 Å². The molecule has 2 aromatic rings. The number of halogens is 2. The largest absolute Gasteiger partial charge is 0.481 e. The summed E-state index contributed by atoms with van der Waals surface area (Å²) in [5, 5.41) is 0.429. The molecule has 0 spiro atoms. The SMILES string of the molecule is COc1cc(-c2nc(Cl)c(I)c(C(C)(C)C)n2)ncn1. The summed E-state index contributed by atoms with van der Waals surface area (Å²) in [7, 11) is 1.55. The van der Waals surface area contributed by atoms with Crippen LogP contribution in [-0.4, -0.2) is 27.0 Å². The summed E-state index contributed by atoms with van der Waals surface area (Å²) in [4.78, 5) is 17.0. The van der Waals surface area contributed by atoms with Crippen molar-refractivity contribution in [2.24, 2.45) is 0 Å². The molecule has 0 aromatic carbocycles. The van der Waals surface area contributed by atoms with Crippen LogP contribution in [0.3, 0.4) is 0 Å². The lowest BCUT2D eigenvalue weighted by Gasteiger charge is -2.20. The highest BCUT2D eigenvalue weighted by Gasteiger charge is 2.23.